The van der Waals surface area contributed by atoms with Gasteiger partial charge in [0.1, 0.15) is 6.61 Å². The Morgan fingerprint density at radius 1 is 1.42 bits per heavy atom. The monoisotopic (exact) mass is 169 g/mol. The molecule has 0 N–H and O–H groups in total. The first kappa shape index (κ1) is 9.56. The van der Waals surface area contributed by atoms with Gasteiger partial charge in [-0.2, -0.15) is 0 Å². The van der Waals surface area contributed by atoms with Gasteiger partial charge in [0, 0.05) is 6.21 Å². The molecular formula is C10H19NO. The number of oxime groups is 1. The van der Waals surface area contributed by atoms with Gasteiger partial charge < -0.3 is 4.84 Å². The molecule has 0 aromatic carbocycles. The first-order valence-corrected chi connectivity index (χ1v) is 5.09. The molecule has 1 saturated carbocycles. The average Bonchev–Trinajstić information content (AvgIpc) is 2.57. The van der Waals surface area contributed by atoms with Crippen molar-refractivity contribution in [3.8, 4) is 0 Å². The van der Waals surface area contributed by atoms with Gasteiger partial charge in [-0.3, -0.25) is 0 Å². The number of nitrogens with zero attached hydrogens (tertiary/aromatic N) is 1. The van der Waals surface area contributed by atoms with Gasteiger partial charge >= 0.3 is 0 Å². The molecule has 0 aromatic rings. The maximum Gasteiger partial charge on any atom is 0.117 e. The van der Waals surface area contributed by atoms with Gasteiger partial charge in [0.2, 0.25) is 0 Å². The molecule has 12 heavy (non-hydrogen) atoms. The van der Waals surface area contributed by atoms with Gasteiger partial charge in [0.25, 0.3) is 0 Å². The minimum atomic E-state index is 0.701. The smallest absolute Gasteiger partial charge is 0.117 e. The predicted octanol–water partition coefficient (Wildman–Crippen LogP) is 2.98. The number of hydrogen-bond acceptors (Lipinski definition) is 2. The summed E-state index contributed by atoms with van der Waals surface area (Å²) in [6.45, 7) is 2.93. The Labute approximate surface area is 75.0 Å². The first-order chi connectivity index (χ1) is 5.93. The molecular weight excluding hydrogens is 150 g/mol. The zero-order chi connectivity index (χ0) is 8.65. The Bertz CT molecular complexity index is 128. The third-order valence-corrected chi connectivity index (χ3v) is 2.34. The molecule has 1 rings (SSSR count). The van der Waals surface area contributed by atoms with Crippen LogP contribution in [0.2, 0.25) is 0 Å². The van der Waals surface area contributed by atoms with Gasteiger partial charge in [0.05, 0.1) is 0 Å². The number of hydrogen-bond donors (Lipinski definition) is 0. The van der Waals surface area contributed by atoms with E-state index in [-0.39, 0.29) is 0 Å². The van der Waals surface area contributed by atoms with Crippen LogP contribution in [0.1, 0.15) is 45.4 Å². The van der Waals surface area contributed by atoms with Crippen molar-refractivity contribution in [1.29, 1.82) is 0 Å². The molecule has 70 valence electrons. The van der Waals surface area contributed by atoms with Crippen molar-refractivity contribution in [2.24, 2.45) is 11.1 Å². The molecule has 1 fully saturated rings. The summed E-state index contributed by atoms with van der Waals surface area (Å²) in [4.78, 5) is 5.11. The minimum Gasteiger partial charge on any atom is -0.396 e. The van der Waals surface area contributed by atoms with E-state index in [1.807, 2.05) is 6.21 Å². The highest BCUT2D eigenvalue weighted by Gasteiger charge is 2.11. The molecule has 0 aromatic heterocycles. The van der Waals surface area contributed by atoms with E-state index in [4.69, 9.17) is 4.84 Å². The zero-order valence-corrected chi connectivity index (χ0v) is 7.96. The number of rotatable bonds is 5. The predicted molar refractivity (Wildman–Crippen MR) is 51.3 cm³/mol. The van der Waals surface area contributed by atoms with Crippen molar-refractivity contribution in [1.82, 2.24) is 0 Å². The van der Waals surface area contributed by atoms with Gasteiger partial charge in [-0.05, 0) is 25.2 Å². The zero-order valence-electron chi connectivity index (χ0n) is 7.96. The van der Waals surface area contributed by atoms with Crippen molar-refractivity contribution in [3.63, 3.8) is 0 Å². The normalized spacial score (nSPS) is 19.1. The van der Waals surface area contributed by atoms with Crippen LogP contribution in [0, 0.1) is 5.92 Å². The van der Waals surface area contributed by atoms with Gasteiger partial charge in [0.15, 0.2) is 0 Å². The van der Waals surface area contributed by atoms with E-state index >= 15 is 0 Å². The van der Waals surface area contributed by atoms with E-state index in [0.29, 0.717) is 5.92 Å². The van der Waals surface area contributed by atoms with Crippen LogP contribution in [0.3, 0.4) is 0 Å². The maximum atomic E-state index is 5.11. The van der Waals surface area contributed by atoms with Crippen molar-refractivity contribution < 1.29 is 4.84 Å². The standard InChI is InChI=1S/C10H19NO/c1-2-3-8-12-11-9-10-6-4-5-7-10/h9-10H,2-8H2,1H3. The fraction of sp³-hybridized carbons (Fsp3) is 0.900. The van der Waals surface area contributed by atoms with Crippen LogP contribution in [0.15, 0.2) is 5.16 Å². The molecule has 1 aliphatic carbocycles. The highest BCUT2D eigenvalue weighted by molar-refractivity contribution is 5.60. The summed E-state index contributed by atoms with van der Waals surface area (Å²) in [6.07, 6.45) is 9.63. The van der Waals surface area contributed by atoms with Crippen LogP contribution in [0.25, 0.3) is 0 Å². The van der Waals surface area contributed by atoms with E-state index in [2.05, 4.69) is 12.1 Å². The molecule has 0 spiro atoms. The second kappa shape index (κ2) is 6.04. The van der Waals surface area contributed by atoms with Crippen molar-refractivity contribution in [2.75, 3.05) is 6.61 Å². The van der Waals surface area contributed by atoms with E-state index < -0.39 is 0 Å². The Hall–Kier alpha value is -0.530. The minimum absolute atomic E-state index is 0.701. The average molecular weight is 169 g/mol. The fourth-order valence-electron chi connectivity index (χ4n) is 1.50. The quantitative estimate of drug-likeness (QED) is 0.352. The fourth-order valence-corrected chi connectivity index (χ4v) is 1.50. The highest BCUT2D eigenvalue weighted by atomic mass is 16.6. The summed E-state index contributed by atoms with van der Waals surface area (Å²) in [5, 5.41) is 3.97. The molecule has 2 nitrogen and oxygen atoms in total. The molecule has 0 radical (unpaired) electrons. The summed E-state index contributed by atoms with van der Waals surface area (Å²) < 4.78 is 0. The molecule has 1 aliphatic rings. The Balaban J connectivity index is 1.97. The Kier molecular flexibility index (Phi) is 4.81. The third-order valence-electron chi connectivity index (χ3n) is 2.34. The molecule has 0 aliphatic heterocycles. The van der Waals surface area contributed by atoms with Gasteiger partial charge in [-0.25, -0.2) is 0 Å². The lowest BCUT2D eigenvalue weighted by atomic mass is 10.1. The Morgan fingerprint density at radius 3 is 2.83 bits per heavy atom. The van der Waals surface area contributed by atoms with Crippen molar-refractivity contribution in [3.05, 3.63) is 0 Å². The van der Waals surface area contributed by atoms with Crippen LogP contribution >= 0.6 is 0 Å². The van der Waals surface area contributed by atoms with Gasteiger partial charge in [-0.1, -0.05) is 31.3 Å². The summed E-state index contributed by atoms with van der Waals surface area (Å²) in [5.74, 6) is 0.701. The number of unbranched alkanes of at least 4 members (excludes halogenated alkanes) is 1. The third kappa shape index (κ3) is 3.74. The van der Waals surface area contributed by atoms with Crippen molar-refractivity contribution in [2.45, 2.75) is 45.4 Å². The molecule has 0 saturated heterocycles. The van der Waals surface area contributed by atoms with Gasteiger partial charge in [-0.15, -0.1) is 0 Å². The summed E-state index contributed by atoms with van der Waals surface area (Å²) >= 11 is 0. The van der Waals surface area contributed by atoms with Crippen molar-refractivity contribution >= 4 is 6.21 Å². The second-order valence-electron chi connectivity index (χ2n) is 3.49. The van der Waals surface area contributed by atoms with Crippen LogP contribution in [0.4, 0.5) is 0 Å². The molecule has 0 amide bonds. The molecule has 2 heteroatoms. The topological polar surface area (TPSA) is 21.6 Å². The highest BCUT2D eigenvalue weighted by Crippen LogP contribution is 2.22. The SMILES string of the molecule is CCCCON=CC1CCCC1. The molecule has 0 heterocycles. The molecule has 0 unspecified atom stereocenters. The molecule has 0 bridgehead atoms. The lowest BCUT2D eigenvalue weighted by molar-refractivity contribution is 0.141. The lowest BCUT2D eigenvalue weighted by Crippen LogP contribution is -1.95. The molecule has 0 atom stereocenters. The van der Waals surface area contributed by atoms with E-state index in [1.54, 1.807) is 0 Å². The maximum absolute atomic E-state index is 5.11. The first-order valence-electron chi connectivity index (χ1n) is 5.09. The van der Waals surface area contributed by atoms with Crippen LogP contribution in [0.5, 0.6) is 0 Å². The summed E-state index contributed by atoms with van der Waals surface area (Å²) in [6, 6.07) is 0. The second-order valence-corrected chi connectivity index (χ2v) is 3.49. The summed E-state index contributed by atoms with van der Waals surface area (Å²) in [7, 11) is 0. The summed E-state index contributed by atoms with van der Waals surface area (Å²) in [5.41, 5.74) is 0. The van der Waals surface area contributed by atoms with E-state index in [1.165, 1.54) is 32.1 Å². The van der Waals surface area contributed by atoms with Crippen LogP contribution in [-0.2, 0) is 4.84 Å². The largest absolute Gasteiger partial charge is 0.396 e. The van der Waals surface area contributed by atoms with E-state index in [9.17, 15) is 0 Å². The van der Waals surface area contributed by atoms with Crippen LogP contribution < -0.4 is 0 Å². The lowest BCUT2D eigenvalue weighted by Gasteiger charge is -1.99. The van der Waals surface area contributed by atoms with E-state index in [0.717, 1.165) is 13.0 Å². The van der Waals surface area contributed by atoms with Crippen LogP contribution in [-0.4, -0.2) is 12.8 Å². The Morgan fingerprint density at radius 2 is 2.17 bits per heavy atom.